The molecule has 0 bridgehead atoms. The van der Waals surface area contributed by atoms with Gasteiger partial charge in [-0.05, 0) is 52.7 Å². The van der Waals surface area contributed by atoms with E-state index in [0.717, 1.165) is 42.8 Å². The summed E-state index contributed by atoms with van der Waals surface area (Å²) in [6.45, 7) is 6.19. The molecule has 5 unspecified atom stereocenters. The summed E-state index contributed by atoms with van der Waals surface area (Å²) in [5, 5.41) is 16.9. The maximum absolute atomic E-state index is 13.5. The topological polar surface area (TPSA) is 101 Å². The number of hydrogen-bond donors (Lipinski definition) is 3. The van der Waals surface area contributed by atoms with Gasteiger partial charge in [0, 0.05) is 31.1 Å². The van der Waals surface area contributed by atoms with E-state index in [9.17, 15) is 28.0 Å². The van der Waals surface area contributed by atoms with E-state index in [1.54, 1.807) is 4.90 Å². The number of likely N-dealkylation sites (tertiary alicyclic amines) is 1. The quantitative estimate of drug-likeness (QED) is 0.493. The number of aliphatic imine (C=N–C) groups is 1. The van der Waals surface area contributed by atoms with Crippen LogP contribution in [-0.2, 0) is 9.59 Å². The van der Waals surface area contributed by atoms with Crippen molar-refractivity contribution in [3.63, 3.8) is 0 Å². The molecule has 12 heteroatoms. The van der Waals surface area contributed by atoms with Crippen molar-refractivity contribution in [1.29, 1.82) is 0 Å². The van der Waals surface area contributed by atoms with Crippen LogP contribution in [0.1, 0.15) is 46.5 Å². The van der Waals surface area contributed by atoms with Crippen LogP contribution >= 0.6 is 0 Å². The van der Waals surface area contributed by atoms with Crippen LogP contribution in [0.15, 0.2) is 40.2 Å². The second-order valence-corrected chi connectivity index (χ2v) is 10.4. The van der Waals surface area contributed by atoms with Gasteiger partial charge in [-0.2, -0.15) is 13.2 Å². The van der Waals surface area contributed by atoms with Crippen LogP contribution in [0.2, 0.25) is 0 Å². The fourth-order valence-electron chi connectivity index (χ4n) is 5.64. The van der Waals surface area contributed by atoms with Crippen molar-refractivity contribution in [3.05, 3.63) is 35.2 Å². The average molecular weight is 525 g/mol. The molecule has 4 rings (SSSR count). The van der Waals surface area contributed by atoms with E-state index >= 15 is 0 Å². The Kier molecular flexibility index (Phi) is 7.70. The van der Waals surface area contributed by atoms with E-state index in [0.29, 0.717) is 19.0 Å². The highest BCUT2D eigenvalue weighted by molar-refractivity contribution is 5.85. The SMILES string of the molecule is CC(=O)NC1CC(N(C)C(C)C)CCC1N1CCC(NC2=C3C=C(C(F)(F)F)C=CC3N(O)C=N2)C1=O. The minimum atomic E-state index is -4.55. The predicted octanol–water partition coefficient (Wildman–Crippen LogP) is 2.31. The summed E-state index contributed by atoms with van der Waals surface area (Å²) in [6.07, 6.45) is 2.48. The van der Waals surface area contributed by atoms with Gasteiger partial charge >= 0.3 is 6.18 Å². The summed E-state index contributed by atoms with van der Waals surface area (Å²) in [7, 11) is 2.07. The van der Waals surface area contributed by atoms with Crippen molar-refractivity contribution in [1.82, 2.24) is 25.5 Å². The fraction of sp³-hybridized carbons (Fsp3) is 0.640. The van der Waals surface area contributed by atoms with Crippen molar-refractivity contribution >= 4 is 18.2 Å². The van der Waals surface area contributed by atoms with E-state index in [-0.39, 0.29) is 41.3 Å². The van der Waals surface area contributed by atoms with Gasteiger partial charge in [-0.1, -0.05) is 12.2 Å². The van der Waals surface area contributed by atoms with Gasteiger partial charge in [-0.25, -0.2) is 10.1 Å². The molecule has 5 atom stereocenters. The van der Waals surface area contributed by atoms with Crippen LogP contribution < -0.4 is 10.6 Å². The number of fused-ring (bicyclic) bond motifs is 1. The Labute approximate surface area is 214 Å². The summed E-state index contributed by atoms with van der Waals surface area (Å²) in [5.74, 6) is -0.194. The van der Waals surface area contributed by atoms with Crippen molar-refractivity contribution in [2.75, 3.05) is 13.6 Å². The summed E-state index contributed by atoms with van der Waals surface area (Å²) in [6, 6.07) is -1.22. The van der Waals surface area contributed by atoms with Gasteiger partial charge in [0.05, 0.1) is 17.7 Å². The minimum absolute atomic E-state index is 0.127. The first-order valence-corrected chi connectivity index (χ1v) is 12.7. The van der Waals surface area contributed by atoms with Gasteiger partial charge in [0.1, 0.15) is 24.2 Å². The van der Waals surface area contributed by atoms with Crippen molar-refractivity contribution in [2.24, 2.45) is 4.99 Å². The Bertz CT molecular complexity index is 1040. The number of nitrogens with one attached hydrogen (secondary N) is 2. The maximum atomic E-state index is 13.5. The largest absolute Gasteiger partial charge is 0.416 e. The minimum Gasteiger partial charge on any atom is -0.358 e. The molecule has 3 N–H and O–H groups in total. The molecule has 1 saturated carbocycles. The molecule has 37 heavy (non-hydrogen) atoms. The molecule has 0 aromatic heterocycles. The van der Waals surface area contributed by atoms with Gasteiger partial charge in [0.2, 0.25) is 11.8 Å². The fourth-order valence-corrected chi connectivity index (χ4v) is 5.64. The van der Waals surface area contributed by atoms with Crippen molar-refractivity contribution in [3.8, 4) is 0 Å². The number of rotatable bonds is 6. The third-order valence-electron chi connectivity index (χ3n) is 7.80. The van der Waals surface area contributed by atoms with Crippen molar-refractivity contribution < 1.29 is 28.0 Å². The summed E-state index contributed by atoms with van der Waals surface area (Å²) in [5.41, 5.74) is -0.719. The van der Waals surface area contributed by atoms with E-state index in [2.05, 4.69) is 41.4 Å². The number of hydrogen-bond acceptors (Lipinski definition) is 7. The number of alkyl halides is 3. The Morgan fingerprint density at radius 1 is 1.27 bits per heavy atom. The molecule has 1 saturated heterocycles. The molecule has 0 aromatic carbocycles. The zero-order chi connectivity index (χ0) is 27.1. The third kappa shape index (κ3) is 5.69. The van der Waals surface area contributed by atoms with E-state index in [1.807, 2.05) is 0 Å². The summed E-state index contributed by atoms with van der Waals surface area (Å²) < 4.78 is 40.0. The zero-order valence-electron chi connectivity index (χ0n) is 21.5. The van der Waals surface area contributed by atoms with Gasteiger partial charge in [0.15, 0.2) is 0 Å². The highest BCUT2D eigenvalue weighted by atomic mass is 19.4. The monoisotopic (exact) mass is 524 g/mol. The summed E-state index contributed by atoms with van der Waals surface area (Å²) in [4.78, 5) is 33.6. The number of allylic oxidation sites excluding steroid dienone is 2. The van der Waals surface area contributed by atoms with Gasteiger partial charge in [0.25, 0.3) is 0 Å². The molecule has 204 valence electrons. The van der Waals surface area contributed by atoms with Crippen LogP contribution in [0.5, 0.6) is 0 Å². The first kappa shape index (κ1) is 27.2. The second kappa shape index (κ2) is 10.5. The standard InChI is InChI=1S/C25H35F3N6O3/c1-14(2)32(4)17-6-8-22(20(12-17)30-15(3)35)33-10-9-19(24(33)36)31-23-18-11-16(25(26,27)28)5-7-21(18)34(37)13-29-23/h5,7,11,13-14,17,19-22,31,37H,6,8-10,12H2,1-4H3,(H,30,35). The van der Waals surface area contributed by atoms with E-state index in [4.69, 9.17) is 0 Å². The molecule has 0 aromatic rings. The number of carbonyl (C=O) groups excluding carboxylic acids is 2. The number of carbonyl (C=O) groups is 2. The van der Waals surface area contributed by atoms with Gasteiger partial charge in [-0.15, -0.1) is 0 Å². The lowest BCUT2D eigenvalue weighted by molar-refractivity contribution is -0.134. The molecule has 2 aliphatic carbocycles. The van der Waals surface area contributed by atoms with Crippen LogP contribution in [0.3, 0.4) is 0 Å². The molecule has 2 heterocycles. The molecule has 2 fully saturated rings. The molecule has 0 spiro atoms. The van der Waals surface area contributed by atoms with Crippen LogP contribution in [0, 0.1) is 0 Å². The Hall–Kier alpha value is -2.86. The Morgan fingerprint density at radius 2 is 2.00 bits per heavy atom. The summed E-state index contributed by atoms with van der Waals surface area (Å²) >= 11 is 0. The molecule has 0 radical (unpaired) electrons. The maximum Gasteiger partial charge on any atom is 0.416 e. The number of nitrogens with zero attached hydrogens (tertiary/aromatic N) is 4. The normalized spacial score (nSPS) is 30.3. The molecule has 4 aliphatic rings. The van der Waals surface area contributed by atoms with E-state index < -0.39 is 23.8 Å². The lowest BCUT2D eigenvalue weighted by atomic mass is 9.84. The molecule has 9 nitrogen and oxygen atoms in total. The number of amides is 2. The van der Waals surface area contributed by atoms with Crippen LogP contribution in [-0.4, -0.2) is 94.2 Å². The Morgan fingerprint density at radius 3 is 2.65 bits per heavy atom. The average Bonchev–Trinajstić information content (AvgIpc) is 3.18. The molecular weight excluding hydrogens is 489 g/mol. The Balaban J connectivity index is 1.51. The van der Waals surface area contributed by atoms with Gasteiger partial charge in [-0.3, -0.25) is 14.8 Å². The zero-order valence-corrected chi connectivity index (χ0v) is 21.5. The predicted molar refractivity (Wildman–Crippen MR) is 131 cm³/mol. The van der Waals surface area contributed by atoms with E-state index in [1.165, 1.54) is 13.0 Å². The lowest BCUT2D eigenvalue weighted by Gasteiger charge is -2.44. The smallest absolute Gasteiger partial charge is 0.358 e. The van der Waals surface area contributed by atoms with Crippen LogP contribution in [0.25, 0.3) is 0 Å². The molecule has 2 amide bonds. The first-order valence-electron chi connectivity index (χ1n) is 12.7. The number of halogens is 3. The number of hydroxylamine groups is 2. The van der Waals surface area contributed by atoms with Gasteiger partial charge < -0.3 is 20.4 Å². The lowest BCUT2D eigenvalue weighted by Crippen LogP contribution is -2.58. The third-order valence-corrected chi connectivity index (χ3v) is 7.80. The second-order valence-electron chi connectivity index (χ2n) is 10.4. The highest BCUT2D eigenvalue weighted by Crippen LogP contribution is 2.35. The molecule has 2 aliphatic heterocycles. The molecular formula is C25H35F3N6O3. The van der Waals surface area contributed by atoms with Crippen molar-refractivity contribution in [2.45, 2.75) is 88.9 Å². The first-order chi connectivity index (χ1) is 17.4. The van der Waals surface area contributed by atoms with Crippen LogP contribution in [0.4, 0.5) is 13.2 Å². The highest BCUT2D eigenvalue weighted by Gasteiger charge is 2.44.